The lowest BCUT2D eigenvalue weighted by molar-refractivity contribution is 0.737. The monoisotopic (exact) mass is 146 g/mol. The second-order valence-electron chi connectivity index (χ2n) is 2.15. The number of hydrogen-bond donors (Lipinski definition) is 3. The minimum absolute atomic E-state index is 0. The third-order valence-electron chi connectivity index (χ3n) is 1.22. The molecule has 3 nitrogen and oxygen atoms in total. The highest BCUT2D eigenvalue weighted by Crippen LogP contribution is 1.98. The van der Waals surface area contributed by atoms with Gasteiger partial charge in [-0.25, -0.2) is 0 Å². The first-order valence-corrected chi connectivity index (χ1v) is 3.63. The molecule has 1 radical (unpaired) electrons. The van der Waals surface area contributed by atoms with Gasteiger partial charge in [0.05, 0.1) is 0 Å². The molecule has 0 aliphatic carbocycles. The number of unbranched alkanes of at least 4 members (excludes halogenated alkanes) is 4. The van der Waals surface area contributed by atoms with Crippen LogP contribution in [0.2, 0.25) is 0 Å². The maximum atomic E-state index is 5.30. The maximum absolute atomic E-state index is 5.30. The van der Waals surface area contributed by atoms with Gasteiger partial charge in [-0.2, -0.15) is 0 Å². The largest absolute Gasteiger partial charge is 0.344 e. The first-order chi connectivity index (χ1) is 4.41. The Hall–Kier alpha value is -0.120. The van der Waals surface area contributed by atoms with E-state index in [0.29, 0.717) is 0 Å². The highest BCUT2D eigenvalue weighted by molar-refractivity contribution is 4.64. The van der Waals surface area contributed by atoms with E-state index in [1.165, 1.54) is 0 Å². The molecule has 0 spiro atoms. The Labute approximate surface area is 63.7 Å². The first-order valence-electron chi connectivity index (χ1n) is 3.63. The van der Waals surface area contributed by atoms with E-state index in [9.17, 15) is 0 Å². The van der Waals surface area contributed by atoms with Crippen molar-refractivity contribution in [2.24, 2.45) is 11.5 Å². The fourth-order valence-electron chi connectivity index (χ4n) is 0.669. The van der Waals surface area contributed by atoms with Crippen LogP contribution in [0.25, 0.3) is 0 Å². The topological polar surface area (TPSA) is 87.0 Å². The van der Waals surface area contributed by atoms with E-state index in [1.54, 1.807) is 0 Å². The molecule has 7 N–H and O–H groups in total. The van der Waals surface area contributed by atoms with Crippen LogP contribution in [0.15, 0.2) is 0 Å². The Balaban J connectivity index is 0. The minimum Gasteiger partial charge on any atom is -0.344 e. The molecule has 0 aliphatic rings. The van der Waals surface area contributed by atoms with E-state index in [1.807, 2.05) is 0 Å². The summed E-state index contributed by atoms with van der Waals surface area (Å²) in [5.41, 5.74) is 10.6. The lowest BCUT2D eigenvalue weighted by atomic mass is 10.1. The smallest absolute Gasteiger partial charge is 0.00772 e. The van der Waals surface area contributed by atoms with Crippen molar-refractivity contribution in [1.29, 1.82) is 0 Å². The maximum Gasteiger partial charge on any atom is -0.00772 e. The summed E-state index contributed by atoms with van der Waals surface area (Å²) in [5, 5.41) is 0. The second-order valence-corrected chi connectivity index (χ2v) is 2.15. The summed E-state index contributed by atoms with van der Waals surface area (Å²) < 4.78 is 0. The molecule has 10 heavy (non-hydrogen) atoms. The van der Waals surface area contributed by atoms with E-state index in [-0.39, 0.29) is 6.15 Å². The van der Waals surface area contributed by atoms with Crippen molar-refractivity contribution in [2.75, 3.05) is 13.1 Å². The molecule has 0 aromatic rings. The van der Waals surface area contributed by atoms with Crippen molar-refractivity contribution in [3.05, 3.63) is 6.42 Å². The first kappa shape index (κ1) is 12.5. The van der Waals surface area contributed by atoms with Crippen LogP contribution in [0, 0.1) is 6.42 Å². The number of hydrogen-bond acceptors (Lipinski definition) is 3. The molecule has 0 fully saturated rings. The van der Waals surface area contributed by atoms with Crippen molar-refractivity contribution in [1.82, 2.24) is 6.15 Å². The predicted molar refractivity (Wildman–Crippen MR) is 45.9 cm³/mol. The van der Waals surface area contributed by atoms with Gasteiger partial charge in [0, 0.05) is 0 Å². The van der Waals surface area contributed by atoms with Crippen LogP contribution in [0.1, 0.15) is 25.7 Å². The van der Waals surface area contributed by atoms with Crippen LogP contribution >= 0.6 is 0 Å². The van der Waals surface area contributed by atoms with E-state index in [0.717, 1.165) is 38.8 Å². The van der Waals surface area contributed by atoms with Gasteiger partial charge in [-0.1, -0.05) is 0 Å². The highest BCUT2D eigenvalue weighted by atomic mass is 14.5. The summed E-state index contributed by atoms with van der Waals surface area (Å²) >= 11 is 0. The van der Waals surface area contributed by atoms with Crippen molar-refractivity contribution < 1.29 is 0 Å². The van der Waals surface area contributed by atoms with Crippen molar-refractivity contribution >= 4 is 0 Å². The summed E-state index contributed by atoms with van der Waals surface area (Å²) in [6, 6.07) is 0. The summed E-state index contributed by atoms with van der Waals surface area (Å²) in [4.78, 5) is 0. The lowest BCUT2D eigenvalue weighted by Crippen LogP contribution is -2.00. The summed E-state index contributed by atoms with van der Waals surface area (Å²) in [7, 11) is 0. The van der Waals surface area contributed by atoms with E-state index in [2.05, 4.69) is 6.42 Å². The third-order valence-corrected chi connectivity index (χ3v) is 1.22. The van der Waals surface area contributed by atoms with Gasteiger partial charge in [0.15, 0.2) is 0 Å². The summed E-state index contributed by atoms with van der Waals surface area (Å²) in [6.45, 7) is 1.61. The molecule has 0 amide bonds. The molecule has 0 aromatic carbocycles. The average molecular weight is 146 g/mol. The molecular formula is C7H20N3. The van der Waals surface area contributed by atoms with Crippen molar-refractivity contribution in [2.45, 2.75) is 25.7 Å². The van der Waals surface area contributed by atoms with Crippen LogP contribution in [-0.2, 0) is 0 Å². The molecule has 0 aliphatic heterocycles. The van der Waals surface area contributed by atoms with Crippen LogP contribution in [0.5, 0.6) is 0 Å². The van der Waals surface area contributed by atoms with Crippen molar-refractivity contribution in [3.8, 4) is 0 Å². The molecule has 0 unspecified atom stereocenters. The van der Waals surface area contributed by atoms with Gasteiger partial charge < -0.3 is 17.6 Å². The third kappa shape index (κ3) is 10.8. The number of nitrogens with two attached hydrogens (primary N) is 2. The van der Waals surface area contributed by atoms with Crippen molar-refractivity contribution in [3.63, 3.8) is 0 Å². The van der Waals surface area contributed by atoms with Gasteiger partial charge in [-0.15, -0.1) is 0 Å². The Kier molecular flexibility index (Phi) is 14.6. The van der Waals surface area contributed by atoms with Crippen LogP contribution in [0.4, 0.5) is 0 Å². The number of rotatable bonds is 6. The Morgan fingerprint density at radius 3 is 1.60 bits per heavy atom. The molecule has 0 aromatic heterocycles. The van der Waals surface area contributed by atoms with Crippen LogP contribution in [0.3, 0.4) is 0 Å². The van der Waals surface area contributed by atoms with E-state index < -0.39 is 0 Å². The Morgan fingerprint density at radius 2 is 1.30 bits per heavy atom. The minimum atomic E-state index is 0. The molecule has 63 valence electrons. The predicted octanol–water partition coefficient (Wildman–Crippen LogP) is 0.830. The molecule has 0 bridgehead atoms. The molecule has 0 rings (SSSR count). The Morgan fingerprint density at radius 1 is 0.900 bits per heavy atom. The SMILES string of the molecule is N.NCCC[CH]CCCN. The van der Waals surface area contributed by atoms with Gasteiger partial charge in [0.2, 0.25) is 0 Å². The molecule has 0 saturated heterocycles. The van der Waals surface area contributed by atoms with Gasteiger partial charge in [0.1, 0.15) is 0 Å². The van der Waals surface area contributed by atoms with Gasteiger partial charge in [-0.05, 0) is 45.2 Å². The molecular weight excluding hydrogens is 126 g/mol. The molecule has 3 heteroatoms. The van der Waals surface area contributed by atoms with E-state index in [4.69, 9.17) is 11.5 Å². The zero-order chi connectivity index (χ0) is 6.95. The summed E-state index contributed by atoms with van der Waals surface area (Å²) in [6.07, 6.45) is 6.79. The lowest BCUT2D eigenvalue weighted by Gasteiger charge is -1.95. The quantitative estimate of drug-likeness (QED) is 0.485. The fourth-order valence-corrected chi connectivity index (χ4v) is 0.669. The zero-order valence-corrected chi connectivity index (χ0v) is 6.68. The molecule has 0 atom stereocenters. The normalized spacial score (nSPS) is 9.00. The standard InChI is InChI=1S/C7H17N2.H3N/c8-6-4-2-1-3-5-7-9;/h1H,2-9H2;1H3. The molecule has 0 heterocycles. The van der Waals surface area contributed by atoms with Gasteiger partial charge in [0.25, 0.3) is 0 Å². The van der Waals surface area contributed by atoms with Gasteiger partial charge >= 0.3 is 0 Å². The van der Waals surface area contributed by atoms with Crippen LogP contribution in [-0.4, -0.2) is 13.1 Å². The zero-order valence-electron chi connectivity index (χ0n) is 6.68. The molecule has 0 saturated carbocycles. The Bertz CT molecular complexity index is 42.1. The van der Waals surface area contributed by atoms with E-state index >= 15 is 0 Å². The van der Waals surface area contributed by atoms with Gasteiger partial charge in [-0.3, -0.25) is 0 Å². The second kappa shape index (κ2) is 11.6. The summed E-state index contributed by atoms with van der Waals surface area (Å²) in [5.74, 6) is 0. The average Bonchev–Trinajstić information content (AvgIpc) is 1.89. The highest BCUT2D eigenvalue weighted by Gasteiger charge is 1.86. The van der Waals surface area contributed by atoms with Crippen LogP contribution < -0.4 is 17.6 Å². The fraction of sp³-hybridized carbons (Fsp3) is 0.857.